The molecule has 7 heteroatoms. The normalized spacial score (nSPS) is 11.3. The van der Waals surface area contributed by atoms with Crippen molar-refractivity contribution in [1.82, 2.24) is 9.97 Å². The van der Waals surface area contributed by atoms with E-state index in [2.05, 4.69) is 14.7 Å². The van der Waals surface area contributed by atoms with Crippen molar-refractivity contribution in [3.8, 4) is 0 Å². The molecule has 0 amide bonds. The summed E-state index contributed by atoms with van der Waals surface area (Å²) in [7, 11) is -3.69. The zero-order valence-corrected chi connectivity index (χ0v) is 11.4. The van der Waals surface area contributed by atoms with E-state index in [1.54, 1.807) is 6.07 Å². The second-order valence-electron chi connectivity index (χ2n) is 4.19. The minimum Gasteiger partial charge on any atom is -0.398 e. The molecule has 0 unspecified atom stereocenters. The largest absolute Gasteiger partial charge is 0.398 e. The highest BCUT2D eigenvalue weighted by atomic mass is 32.2. The molecular weight excluding hydrogens is 264 g/mol. The summed E-state index contributed by atoms with van der Waals surface area (Å²) < 4.78 is 26.8. The number of rotatable bonds is 3. The lowest BCUT2D eigenvalue weighted by Gasteiger charge is -2.11. The molecule has 1 aromatic heterocycles. The third-order valence-electron chi connectivity index (χ3n) is 2.80. The van der Waals surface area contributed by atoms with Gasteiger partial charge in [0.25, 0.3) is 10.0 Å². The van der Waals surface area contributed by atoms with Crippen molar-refractivity contribution in [2.75, 3.05) is 10.5 Å². The summed E-state index contributed by atoms with van der Waals surface area (Å²) in [5.41, 5.74) is 8.25. The van der Waals surface area contributed by atoms with Crippen molar-refractivity contribution in [3.63, 3.8) is 0 Å². The van der Waals surface area contributed by atoms with E-state index in [-0.39, 0.29) is 4.90 Å². The molecule has 0 aliphatic heterocycles. The predicted octanol–water partition coefficient (Wildman–Crippen LogP) is 1.48. The summed E-state index contributed by atoms with van der Waals surface area (Å²) in [6.45, 7) is 3.66. The molecule has 100 valence electrons. The molecule has 1 aromatic carbocycles. The number of hydrogen-bond acceptors (Lipinski definition) is 5. The molecule has 0 radical (unpaired) electrons. The van der Waals surface area contributed by atoms with Crippen LogP contribution in [-0.2, 0) is 10.0 Å². The van der Waals surface area contributed by atoms with Crippen molar-refractivity contribution < 1.29 is 8.42 Å². The average Bonchev–Trinajstić information content (AvgIpc) is 2.36. The van der Waals surface area contributed by atoms with E-state index >= 15 is 0 Å². The van der Waals surface area contributed by atoms with Crippen LogP contribution in [-0.4, -0.2) is 18.4 Å². The Kier molecular flexibility index (Phi) is 3.39. The first-order valence-electron chi connectivity index (χ1n) is 5.55. The van der Waals surface area contributed by atoms with Crippen LogP contribution in [0.3, 0.4) is 0 Å². The number of nitrogen functional groups attached to an aromatic ring is 1. The van der Waals surface area contributed by atoms with Crippen LogP contribution in [0.2, 0.25) is 0 Å². The molecule has 0 aliphatic carbocycles. The van der Waals surface area contributed by atoms with E-state index in [0.29, 0.717) is 11.4 Å². The Morgan fingerprint density at radius 2 is 1.79 bits per heavy atom. The van der Waals surface area contributed by atoms with Gasteiger partial charge in [0.1, 0.15) is 6.33 Å². The molecule has 0 bridgehead atoms. The number of aromatic nitrogens is 2. The van der Waals surface area contributed by atoms with Gasteiger partial charge >= 0.3 is 0 Å². The van der Waals surface area contributed by atoms with Crippen LogP contribution in [0.15, 0.2) is 35.7 Å². The first kappa shape index (κ1) is 13.3. The van der Waals surface area contributed by atoms with Crippen LogP contribution < -0.4 is 10.5 Å². The molecular formula is C12H14N4O2S. The number of sulfonamides is 1. The fraction of sp³-hybridized carbons (Fsp3) is 0.167. The fourth-order valence-electron chi connectivity index (χ4n) is 1.57. The molecule has 6 nitrogen and oxygen atoms in total. The van der Waals surface area contributed by atoms with Gasteiger partial charge in [0.15, 0.2) is 0 Å². The van der Waals surface area contributed by atoms with Crippen molar-refractivity contribution in [2.24, 2.45) is 0 Å². The smallest absolute Gasteiger partial charge is 0.262 e. The van der Waals surface area contributed by atoms with Gasteiger partial charge in [0.05, 0.1) is 23.0 Å². The molecule has 3 N–H and O–H groups in total. The number of nitrogens with zero attached hydrogens (tertiary/aromatic N) is 2. The Hall–Kier alpha value is -2.15. The first-order chi connectivity index (χ1) is 8.90. The van der Waals surface area contributed by atoms with E-state index in [1.807, 2.05) is 13.8 Å². The molecule has 0 aliphatic rings. The SMILES string of the molecule is Cc1cc(S(=O)(=O)Nc2cncnc2)cc(N)c1C. The van der Waals surface area contributed by atoms with E-state index in [4.69, 9.17) is 5.73 Å². The van der Waals surface area contributed by atoms with E-state index in [1.165, 1.54) is 24.8 Å². The molecule has 19 heavy (non-hydrogen) atoms. The van der Waals surface area contributed by atoms with Gasteiger partial charge in [-0.25, -0.2) is 18.4 Å². The highest BCUT2D eigenvalue weighted by Gasteiger charge is 2.16. The van der Waals surface area contributed by atoms with Gasteiger partial charge in [-0.1, -0.05) is 0 Å². The second-order valence-corrected chi connectivity index (χ2v) is 5.87. The minimum atomic E-state index is -3.69. The number of benzene rings is 1. The van der Waals surface area contributed by atoms with E-state index in [0.717, 1.165) is 11.1 Å². The van der Waals surface area contributed by atoms with Gasteiger partial charge in [0.2, 0.25) is 0 Å². The Bertz CT molecular complexity index is 676. The average molecular weight is 278 g/mol. The topological polar surface area (TPSA) is 98.0 Å². The van der Waals surface area contributed by atoms with Crippen molar-refractivity contribution in [3.05, 3.63) is 42.0 Å². The van der Waals surface area contributed by atoms with Crippen molar-refractivity contribution in [1.29, 1.82) is 0 Å². The zero-order chi connectivity index (χ0) is 14.0. The van der Waals surface area contributed by atoms with Crippen LogP contribution in [0.1, 0.15) is 11.1 Å². The van der Waals surface area contributed by atoms with Crippen molar-refractivity contribution in [2.45, 2.75) is 18.7 Å². The standard InChI is InChI=1S/C12H14N4O2S/c1-8-3-11(4-12(13)9(8)2)19(17,18)16-10-5-14-7-15-6-10/h3-7,16H,13H2,1-2H3. The summed E-state index contributed by atoms with van der Waals surface area (Å²) in [5, 5.41) is 0. The number of nitrogens with two attached hydrogens (primary N) is 1. The first-order valence-corrected chi connectivity index (χ1v) is 7.03. The summed E-state index contributed by atoms with van der Waals surface area (Å²) in [6, 6.07) is 3.02. The Morgan fingerprint density at radius 1 is 1.16 bits per heavy atom. The highest BCUT2D eigenvalue weighted by Crippen LogP contribution is 2.23. The Morgan fingerprint density at radius 3 is 2.37 bits per heavy atom. The summed E-state index contributed by atoms with van der Waals surface area (Å²) in [6.07, 6.45) is 4.09. The Balaban J connectivity index is 2.40. The monoisotopic (exact) mass is 278 g/mol. The molecule has 0 saturated heterocycles. The lowest BCUT2D eigenvalue weighted by Crippen LogP contribution is -2.14. The van der Waals surface area contributed by atoms with Gasteiger partial charge in [-0.2, -0.15) is 0 Å². The van der Waals surface area contributed by atoms with Crippen molar-refractivity contribution >= 4 is 21.4 Å². The number of anilines is 2. The minimum absolute atomic E-state index is 0.122. The number of hydrogen-bond donors (Lipinski definition) is 2. The fourth-order valence-corrected chi connectivity index (χ4v) is 2.72. The molecule has 0 saturated carbocycles. The lowest BCUT2D eigenvalue weighted by atomic mass is 10.1. The maximum atomic E-state index is 12.2. The van der Waals surface area contributed by atoms with Crippen LogP contribution >= 0.6 is 0 Å². The summed E-state index contributed by atoms with van der Waals surface area (Å²) in [5.74, 6) is 0. The molecule has 2 rings (SSSR count). The molecule has 0 fully saturated rings. The lowest BCUT2D eigenvalue weighted by molar-refractivity contribution is 0.601. The molecule has 2 aromatic rings. The molecule has 0 atom stereocenters. The summed E-state index contributed by atoms with van der Waals surface area (Å²) in [4.78, 5) is 7.62. The predicted molar refractivity (Wildman–Crippen MR) is 73.2 cm³/mol. The van der Waals surface area contributed by atoms with E-state index in [9.17, 15) is 8.42 Å². The quantitative estimate of drug-likeness (QED) is 0.829. The molecule has 0 spiro atoms. The van der Waals surface area contributed by atoms with E-state index < -0.39 is 10.0 Å². The number of nitrogens with one attached hydrogen (secondary N) is 1. The highest BCUT2D eigenvalue weighted by molar-refractivity contribution is 7.92. The number of aryl methyl sites for hydroxylation is 1. The maximum absolute atomic E-state index is 12.2. The zero-order valence-electron chi connectivity index (χ0n) is 10.6. The third kappa shape index (κ3) is 2.82. The van der Waals surface area contributed by atoms with Crippen LogP contribution in [0.25, 0.3) is 0 Å². The van der Waals surface area contributed by atoms with Gasteiger partial charge in [-0.15, -0.1) is 0 Å². The summed E-state index contributed by atoms with van der Waals surface area (Å²) >= 11 is 0. The third-order valence-corrected chi connectivity index (χ3v) is 4.16. The Labute approximate surface area is 111 Å². The van der Waals surface area contributed by atoms with Crippen LogP contribution in [0.4, 0.5) is 11.4 Å². The maximum Gasteiger partial charge on any atom is 0.262 e. The van der Waals surface area contributed by atoms with Gasteiger partial charge in [0, 0.05) is 5.69 Å². The van der Waals surface area contributed by atoms with Gasteiger partial charge in [-0.3, -0.25) is 4.72 Å². The van der Waals surface area contributed by atoms with Crippen LogP contribution in [0.5, 0.6) is 0 Å². The second kappa shape index (κ2) is 4.85. The van der Waals surface area contributed by atoms with Gasteiger partial charge < -0.3 is 5.73 Å². The van der Waals surface area contributed by atoms with Gasteiger partial charge in [-0.05, 0) is 37.1 Å². The van der Waals surface area contributed by atoms with Crippen LogP contribution in [0, 0.1) is 13.8 Å². The molecule has 1 heterocycles.